The standard InChI is InChI=1S/C14H24BrN3/c1-11(16)12-6-7-14(13(15)10-12)18(4)9-5-8-17(2)3/h6-7,10-11H,5,8-9,16H2,1-4H3/t11-/m1/s1. The van der Waals surface area contributed by atoms with Crippen LogP contribution in [-0.4, -0.2) is 39.1 Å². The van der Waals surface area contributed by atoms with Crippen LogP contribution in [-0.2, 0) is 0 Å². The molecule has 0 aliphatic rings. The van der Waals surface area contributed by atoms with Crippen LogP contribution in [0.2, 0.25) is 0 Å². The van der Waals surface area contributed by atoms with Crippen LogP contribution in [0.25, 0.3) is 0 Å². The summed E-state index contributed by atoms with van der Waals surface area (Å²) >= 11 is 3.63. The lowest BCUT2D eigenvalue weighted by molar-refractivity contribution is 0.401. The third-order valence-corrected chi connectivity index (χ3v) is 3.64. The van der Waals surface area contributed by atoms with Gasteiger partial charge in [0, 0.05) is 24.1 Å². The van der Waals surface area contributed by atoms with Crippen molar-refractivity contribution in [1.29, 1.82) is 0 Å². The summed E-state index contributed by atoms with van der Waals surface area (Å²) in [6.45, 7) is 4.16. The monoisotopic (exact) mass is 313 g/mol. The maximum Gasteiger partial charge on any atom is 0.0508 e. The van der Waals surface area contributed by atoms with E-state index in [9.17, 15) is 0 Å². The zero-order valence-corrected chi connectivity index (χ0v) is 13.4. The molecule has 1 rings (SSSR count). The van der Waals surface area contributed by atoms with Gasteiger partial charge in [-0.05, 0) is 67.6 Å². The Kier molecular flexibility index (Phi) is 6.12. The first-order chi connectivity index (χ1) is 8.41. The molecule has 0 radical (unpaired) electrons. The van der Waals surface area contributed by atoms with E-state index in [0.29, 0.717) is 0 Å². The minimum absolute atomic E-state index is 0.0781. The predicted molar refractivity (Wildman–Crippen MR) is 83.2 cm³/mol. The van der Waals surface area contributed by atoms with Gasteiger partial charge >= 0.3 is 0 Å². The number of benzene rings is 1. The minimum Gasteiger partial charge on any atom is -0.374 e. The van der Waals surface area contributed by atoms with Gasteiger partial charge in [-0.3, -0.25) is 0 Å². The molecule has 0 spiro atoms. The Hall–Kier alpha value is -0.580. The SMILES string of the molecule is C[C@@H](N)c1ccc(N(C)CCCN(C)C)c(Br)c1. The second-order valence-electron chi connectivity index (χ2n) is 5.08. The lowest BCUT2D eigenvalue weighted by atomic mass is 10.1. The van der Waals surface area contributed by atoms with E-state index < -0.39 is 0 Å². The smallest absolute Gasteiger partial charge is 0.0508 e. The number of rotatable bonds is 6. The Morgan fingerprint density at radius 1 is 1.22 bits per heavy atom. The normalized spacial score (nSPS) is 12.8. The maximum absolute atomic E-state index is 5.88. The van der Waals surface area contributed by atoms with Gasteiger partial charge in [0.25, 0.3) is 0 Å². The van der Waals surface area contributed by atoms with Gasteiger partial charge in [-0.15, -0.1) is 0 Å². The average molecular weight is 314 g/mol. The van der Waals surface area contributed by atoms with Gasteiger partial charge in [-0.1, -0.05) is 6.07 Å². The molecule has 18 heavy (non-hydrogen) atoms. The highest BCUT2D eigenvalue weighted by Crippen LogP contribution is 2.28. The second kappa shape index (κ2) is 7.12. The van der Waals surface area contributed by atoms with Crippen LogP contribution >= 0.6 is 15.9 Å². The van der Waals surface area contributed by atoms with Crippen molar-refractivity contribution in [3.63, 3.8) is 0 Å². The quantitative estimate of drug-likeness (QED) is 0.876. The number of anilines is 1. The molecule has 2 N–H and O–H groups in total. The molecule has 0 amide bonds. The van der Waals surface area contributed by atoms with Crippen molar-refractivity contribution in [2.24, 2.45) is 5.73 Å². The molecule has 102 valence electrons. The summed E-state index contributed by atoms with van der Waals surface area (Å²) in [6, 6.07) is 6.43. The molecule has 0 saturated heterocycles. The molecule has 4 heteroatoms. The first-order valence-corrected chi connectivity index (χ1v) is 7.12. The Bertz CT molecular complexity index is 377. The van der Waals surface area contributed by atoms with E-state index in [2.05, 4.69) is 65.1 Å². The fourth-order valence-corrected chi connectivity index (χ4v) is 2.56. The van der Waals surface area contributed by atoms with E-state index in [4.69, 9.17) is 5.73 Å². The zero-order valence-electron chi connectivity index (χ0n) is 11.8. The predicted octanol–water partition coefficient (Wildman–Crippen LogP) is 2.86. The first kappa shape index (κ1) is 15.5. The largest absolute Gasteiger partial charge is 0.374 e. The molecule has 0 bridgehead atoms. The summed E-state index contributed by atoms with van der Waals surface area (Å²) in [6.07, 6.45) is 1.16. The van der Waals surface area contributed by atoms with Crippen molar-refractivity contribution < 1.29 is 0 Å². The molecule has 0 saturated carbocycles. The van der Waals surface area contributed by atoms with Gasteiger partial charge in [0.15, 0.2) is 0 Å². The first-order valence-electron chi connectivity index (χ1n) is 6.32. The molecule has 0 aliphatic carbocycles. The van der Waals surface area contributed by atoms with Crippen LogP contribution in [0.15, 0.2) is 22.7 Å². The van der Waals surface area contributed by atoms with Gasteiger partial charge in [0.2, 0.25) is 0 Å². The van der Waals surface area contributed by atoms with Gasteiger partial charge in [-0.2, -0.15) is 0 Å². The average Bonchev–Trinajstić information content (AvgIpc) is 2.27. The van der Waals surface area contributed by atoms with E-state index in [0.717, 1.165) is 29.5 Å². The number of halogens is 1. The molecular weight excluding hydrogens is 290 g/mol. The van der Waals surface area contributed by atoms with Crippen molar-refractivity contribution in [3.8, 4) is 0 Å². The third kappa shape index (κ3) is 4.59. The number of hydrogen-bond acceptors (Lipinski definition) is 3. The van der Waals surface area contributed by atoms with E-state index in [1.54, 1.807) is 0 Å². The fraction of sp³-hybridized carbons (Fsp3) is 0.571. The van der Waals surface area contributed by atoms with Crippen molar-refractivity contribution >= 4 is 21.6 Å². The molecule has 0 aliphatic heterocycles. The Labute approximate surface area is 119 Å². The van der Waals surface area contributed by atoms with Crippen molar-refractivity contribution in [1.82, 2.24) is 4.90 Å². The number of hydrogen-bond donors (Lipinski definition) is 1. The molecule has 0 aromatic heterocycles. The molecular formula is C14H24BrN3. The molecule has 0 heterocycles. The number of nitrogens with two attached hydrogens (primary N) is 1. The Morgan fingerprint density at radius 3 is 2.39 bits per heavy atom. The van der Waals surface area contributed by atoms with Gasteiger partial charge < -0.3 is 15.5 Å². The summed E-state index contributed by atoms with van der Waals surface area (Å²) in [7, 11) is 6.34. The van der Waals surface area contributed by atoms with E-state index in [-0.39, 0.29) is 6.04 Å². The fourth-order valence-electron chi connectivity index (χ4n) is 1.86. The van der Waals surface area contributed by atoms with E-state index in [1.807, 2.05) is 6.92 Å². The topological polar surface area (TPSA) is 32.5 Å². The van der Waals surface area contributed by atoms with Crippen LogP contribution in [0.1, 0.15) is 24.9 Å². The van der Waals surface area contributed by atoms with Crippen molar-refractivity contribution in [2.45, 2.75) is 19.4 Å². The molecule has 1 aromatic rings. The lowest BCUT2D eigenvalue weighted by Gasteiger charge is -2.22. The summed E-state index contributed by atoms with van der Waals surface area (Å²) in [5.74, 6) is 0. The highest BCUT2D eigenvalue weighted by molar-refractivity contribution is 9.10. The summed E-state index contributed by atoms with van der Waals surface area (Å²) in [5, 5.41) is 0. The molecule has 1 atom stereocenters. The Balaban J connectivity index is 2.65. The molecule has 0 unspecified atom stereocenters. The summed E-state index contributed by atoms with van der Waals surface area (Å²) < 4.78 is 1.12. The summed E-state index contributed by atoms with van der Waals surface area (Å²) in [4.78, 5) is 4.49. The van der Waals surface area contributed by atoms with Crippen LogP contribution in [0.5, 0.6) is 0 Å². The van der Waals surface area contributed by atoms with E-state index >= 15 is 0 Å². The summed E-state index contributed by atoms with van der Waals surface area (Å²) in [5.41, 5.74) is 8.26. The van der Waals surface area contributed by atoms with Gasteiger partial charge in [0.05, 0.1) is 5.69 Å². The van der Waals surface area contributed by atoms with E-state index in [1.165, 1.54) is 5.69 Å². The minimum atomic E-state index is 0.0781. The highest BCUT2D eigenvalue weighted by Gasteiger charge is 2.08. The van der Waals surface area contributed by atoms with Crippen molar-refractivity contribution in [2.75, 3.05) is 39.1 Å². The number of nitrogens with zero attached hydrogens (tertiary/aromatic N) is 2. The van der Waals surface area contributed by atoms with Crippen molar-refractivity contribution in [3.05, 3.63) is 28.2 Å². The molecule has 0 fully saturated rings. The van der Waals surface area contributed by atoms with Gasteiger partial charge in [0.1, 0.15) is 0 Å². The zero-order chi connectivity index (χ0) is 13.7. The van der Waals surface area contributed by atoms with Crippen LogP contribution in [0.4, 0.5) is 5.69 Å². The van der Waals surface area contributed by atoms with Crippen LogP contribution < -0.4 is 10.6 Å². The van der Waals surface area contributed by atoms with Crippen LogP contribution in [0, 0.1) is 0 Å². The van der Waals surface area contributed by atoms with Crippen LogP contribution in [0.3, 0.4) is 0 Å². The Morgan fingerprint density at radius 2 is 1.89 bits per heavy atom. The lowest BCUT2D eigenvalue weighted by Crippen LogP contribution is -2.23. The molecule has 1 aromatic carbocycles. The second-order valence-corrected chi connectivity index (χ2v) is 5.93. The molecule has 3 nitrogen and oxygen atoms in total. The highest BCUT2D eigenvalue weighted by atomic mass is 79.9. The van der Waals surface area contributed by atoms with Gasteiger partial charge in [-0.25, -0.2) is 0 Å². The third-order valence-electron chi connectivity index (χ3n) is 3.01. The maximum atomic E-state index is 5.88.